The molecule has 22 heavy (non-hydrogen) atoms. The number of nitrogens with zero attached hydrogens (tertiary/aromatic N) is 1. The van der Waals surface area contributed by atoms with E-state index in [1.165, 1.54) is 0 Å². The van der Waals surface area contributed by atoms with Crippen molar-refractivity contribution in [2.45, 2.75) is 0 Å². The van der Waals surface area contributed by atoms with E-state index < -0.39 is 13.9 Å². The molecule has 0 radical (unpaired) electrons. The van der Waals surface area contributed by atoms with Crippen LogP contribution in [0.15, 0.2) is 0 Å². The van der Waals surface area contributed by atoms with Crippen molar-refractivity contribution in [2.75, 3.05) is 60.2 Å². The van der Waals surface area contributed by atoms with Crippen LogP contribution in [0.2, 0.25) is 0 Å². The Bertz CT molecular complexity index is 416. The Morgan fingerprint density at radius 2 is 2.00 bits per heavy atom. The van der Waals surface area contributed by atoms with E-state index in [4.69, 9.17) is 16.1 Å². The van der Waals surface area contributed by atoms with Crippen LogP contribution >= 0.6 is 7.82 Å². The zero-order valence-corrected chi connectivity index (χ0v) is 13.7. The Morgan fingerprint density at radius 1 is 1.36 bits per heavy atom. The van der Waals surface area contributed by atoms with Gasteiger partial charge in [0.1, 0.15) is 19.7 Å². The van der Waals surface area contributed by atoms with E-state index >= 15 is 0 Å². The van der Waals surface area contributed by atoms with Gasteiger partial charge in [0.25, 0.3) is 7.82 Å². The minimum Gasteiger partial charge on any atom is -0.756 e. The van der Waals surface area contributed by atoms with Gasteiger partial charge in [-0.3, -0.25) is 4.57 Å². The summed E-state index contributed by atoms with van der Waals surface area (Å²) >= 11 is 0. The summed E-state index contributed by atoms with van der Waals surface area (Å²) in [5.74, 6) is 2.17. The fraction of sp³-hybridized carbons (Fsp3) is 0.750. The maximum Gasteiger partial charge on any atom is 0.408 e. The van der Waals surface area contributed by atoms with E-state index in [-0.39, 0.29) is 13.2 Å². The van der Waals surface area contributed by atoms with Crippen molar-refractivity contribution in [1.29, 1.82) is 0 Å². The number of amides is 1. The van der Waals surface area contributed by atoms with Gasteiger partial charge in [-0.2, -0.15) is 0 Å². The summed E-state index contributed by atoms with van der Waals surface area (Å²) in [5, 5.41) is 2.47. The predicted molar refractivity (Wildman–Crippen MR) is 76.6 cm³/mol. The van der Waals surface area contributed by atoms with E-state index in [1.54, 1.807) is 0 Å². The maximum absolute atomic E-state index is 11.0. The number of rotatable bonds is 11. The molecule has 9 nitrogen and oxygen atoms in total. The number of phosphoric ester groups is 1. The van der Waals surface area contributed by atoms with Crippen LogP contribution in [-0.4, -0.2) is 75.6 Å². The second-order valence-corrected chi connectivity index (χ2v) is 6.20. The lowest BCUT2D eigenvalue weighted by Crippen LogP contribution is -2.45. The maximum atomic E-state index is 11.0. The lowest BCUT2D eigenvalue weighted by molar-refractivity contribution is -0.890. The summed E-state index contributed by atoms with van der Waals surface area (Å²) < 4.78 is 25.1. The molecule has 0 aromatic carbocycles. The molecule has 1 unspecified atom stereocenters. The molecule has 0 aliphatic rings. The molecule has 0 aliphatic carbocycles. The Morgan fingerprint density at radius 3 is 2.59 bits per heavy atom. The number of hydrogen-bond acceptors (Lipinski definition) is 6. The van der Waals surface area contributed by atoms with Gasteiger partial charge in [-0.25, -0.2) is 4.79 Å². The molecule has 0 rings (SSSR count). The Labute approximate surface area is 130 Å². The highest BCUT2D eigenvalue weighted by Gasteiger charge is 2.16. The Kier molecular flexibility index (Phi) is 10.0. The van der Waals surface area contributed by atoms with Gasteiger partial charge in [-0.15, -0.1) is 6.42 Å². The Hall–Kier alpha value is -1.14. The van der Waals surface area contributed by atoms with Crippen LogP contribution < -0.4 is 10.2 Å². The summed E-state index contributed by atoms with van der Waals surface area (Å²) in [6, 6.07) is 0. The molecule has 0 aromatic heterocycles. The number of alkyl carbamates (subject to hydrolysis) is 1. The van der Waals surface area contributed by atoms with E-state index in [2.05, 4.69) is 20.5 Å². The summed E-state index contributed by atoms with van der Waals surface area (Å²) in [6.45, 7) is 1.85. The highest BCUT2D eigenvalue weighted by molar-refractivity contribution is 7.44. The summed E-state index contributed by atoms with van der Waals surface area (Å²) in [7, 11) is -0.925. The van der Waals surface area contributed by atoms with Crippen molar-refractivity contribution in [1.82, 2.24) is 5.32 Å². The zero-order valence-electron chi connectivity index (χ0n) is 12.8. The average molecular weight is 338 g/mol. The number of ether oxygens (including phenoxy) is 2. The minimum atomic E-state index is -4.67. The first-order chi connectivity index (χ1) is 10.2. The number of nitrogens with one attached hydrogen (secondary N) is 1. The molecular weight excluding hydrogens is 315 g/mol. The molecule has 0 aromatic rings. The summed E-state index contributed by atoms with van der Waals surface area (Å²) in [6.07, 6.45) is 4.34. The zero-order chi connectivity index (χ0) is 17.1. The SMILES string of the molecule is C#CCOC(=O)NCCOCC[N+](C)(C)CCOP(=O)([O-])O. The molecule has 128 valence electrons. The van der Waals surface area contributed by atoms with Crippen LogP contribution in [-0.2, 0) is 18.6 Å². The third-order valence-corrected chi connectivity index (χ3v) is 3.10. The second kappa shape index (κ2) is 10.6. The van der Waals surface area contributed by atoms with Gasteiger partial charge in [0.2, 0.25) is 0 Å². The number of carbonyl (C=O) groups is 1. The van der Waals surface area contributed by atoms with Crippen LogP contribution in [0.4, 0.5) is 4.79 Å². The molecule has 0 bridgehead atoms. The molecule has 1 amide bonds. The molecule has 0 heterocycles. The molecule has 0 aliphatic heterocycles. The topological polar surface area (TPSA) is 117 Å². The van der Waals surface area contributed by atoms with Crippen molar-refractivity contribution < 1.29 is 37.6 Å². The van der Waals surface area contributed by atoms with Crippen LogP contribution in [0.5, 0.6) is 0 Å². The van der Waals surface area contributed by atoms with Gasteiger partial charge in [-0.1, -0.05) is 5.92 Å². The molecule has 0 saturated heterocycles. The van der Waals surface area contributed by atoms with Gasteiger partial charge in [0, 0.05) is 6.54 Å². The fourth-order valence-electron chi connectivity index (χ4n) is 1.31. The first kappa shape index (κ1) is 20.9. The third-order valence-electron chi connectivity index (χ3n) is 2.59. The van der Waals surface area contributed by atoms with E-state index in [9.17, 15) is 14.3 Å². The quantitative estimate of drug-likeness (QED) is 0.213. The van der Waals surface area contributed by atoms with E-state index in [0.717, 1.165) is 0 Å². The van der Waals surface area contributed by atoms with Gasteiger partial charge >= 0.3 is 6.09 Å². The van der Waals surface area contributed by atoms with Crippen LogP contribution in [0, 0.1) is 12.3 Å². The Balaban J connectivity index is 3.62. The number of phosphoric acid groups is 1. The van der Waals surface area contributed by atoms with Crippen LogP contribution in [0.3, 0.4) is 0 Å². The number of quaternary nitrogens is 1. The van der Waals surface area contributed by atoms with Gasteiger partial charge in [0.05, 0.1) is 27.3 Å². The summed E-state index contributed by atoms with van der Waals surface area (Å²) in [4.78, 5) is 29.9. The first-order valence-electron chi connectivity index (χ1n) is 6.58. The largest absolute Gasteiger partial charge is 0.756 e. The van der Waals surface area contributed by atoms with Gasteiger partial charge < -0.3 is 33.6 Å². The number of hydrogen-bond donors (Lipinski definition) is 2. The van der Waals surface area contributed by atoms with Crippen molar-refractivity contribution in [3.05, 3.63) is 0 Å². The molecule has 0 fully saturated rings. The highest BCUT2D eigenvalue weighted by Crippen LogP contribution is 2.29. The van der Waals surface area contributed by atoms with Crippen LogP contribution in [0.25, 0.3) is 0 Å². The van der Waals surface area contributed by atoms with Gasteiger partial charge in [-0.05, 0) is 0 Å². The van der Waals surface area contributed by atoms with Gasteiger partial charge in [0.15, 0.2) is 6.61 Å². The number of likely N-dealkylation sites (N-methyl/N-ethyl adjacent to an activating group) is 1. The van der Waals surface area contributed by atoms with E-state index in [0.29, 0.717) is 37.3 Å². The third kappa shape index (κ3) is 13.8. The number of carbonyl (C=O) groups excluding carboxylic acids is 1. The van der Waals surface area contributed by atoms with Crippen LogP contribution in [0.1, 0.15) is 0 Å². The lowest BCUT2D eigenvalue weighted by atomic mass is 10.4. The smallest absolute Gasteiger partial charge is 0.408 e. The average Bonchev–Trinajstić information content (AvgIpc) is 2.38. The molecule has 1 atom stereocenters. The van der Waals surface area contributed by atoms with Crippen molar-refractivity contribution >= 4 is 13.9 Å². The molecule has 2 N–H and O–H groups in total. The monoisotopic (exact) mass is 338 g/mol. The lowest BCUT2D eigenvalue weighted by Gasteiger charge is -2.30. The van der Waals surface area contributed by atoms with Crippen molar-refractivity contribution in [2.24, 2.45) is 0 Å². The molecule has 0 saturated carbocycles. The second-order valence-electron chi connectivity index (χ2n) is 5.00. The standard InChI is InChI=1S/C12H23N2O7P/c1-4-8-20-12(15)13-5-9-19-10-6-14(2,3)7-11-21-22(16,17)18/h1H,5-11H2,2-3H3,(H2-,13,15,16,17,18). The van der Waals surface area contributed by atoms with Crippen molar-refractivity contribution in [3.8, 4) is 12.3 Å². The van der Waals surface area contributed by atoms with Crippen molar-refractivity contribution in [3.63, 3.8) is 0 Å². The highest BCUT2D eigenvalue weighted by atomic mass is 31.2. The predicted octanol–water partition coefficient (Wildman–Crippen LogP) is -1.08. The molecular formula is C12H23N2O7P. The fourth-order valence-corrected chi connectivity index (χ4v) is 1.62. The number of terminal acetylenes is 1. The first-order valence-corrected chi connectivity index (χ1v) is 8.08. The minimum absolute atomic E-state index is 0.0788. The molecule has 10 heteroatoms. The van der Waals surface area contributed by atoms with E-state index in [1.807, 2.05) is 14.1 Å². The molecule has 0 spiro atoms. The normalized spacial score (nSPS) is 14.0. The summed E-state index contributed by atoms with van der Waals surface area (Å²) in [5.41, 5.74) is 0.